The zero-order chi connectivity index (χ0) is 22.8. The van der Waals surface area contributed by atoms with Crippen LogP contribution in [0.15, 0.2) is 35.1 Å². The first-order valence-corrected chi connectivity index (χ1v) is 10.9. The van der Waals surface area contributed by atoms with Crippen LogP contribution in [0.4, 0.5) is 0 Å². The third kappa shape index (κ3) is 4.27. The van der Waals surface area contributed by atoms with Crippen LogP contribution in [0.25, 0.3) is 11.3 Å². The SMILES string of the molecule is COc1ccc(CN2CCC(n3nc(-c4c(C)nn(C)c4C)ccc3=O)CC2)cc1OC. The standard InChI is InChI=1S/C24H31N5O3/c1-16-24(17(2)27(3)25-16)20-7-9-23(30)29(26-20)19-10-12-28(13-11-19)15-18-6-8-21(31-4)22(14-18)32-5/h6-9,14,19H,10-13,15H2,1-5H3. The van der Waals surface area contributed by atoms with Crippen LogP contribution < -0.4 is 15.0 Å². The second-order valence-electron chi connectivity index (χ2n) is 8.37. The number of rotatable bonds is 6. The molecule has 2 aromatic heterocycles. The molecule has 0 aliphatic carbocycles. The van der Waals surface area contributed by atoms with Crippen molar-refractivity contribution in [3.05, 3.63) is 57.6 Å². The Labute approximate surface area is 188 Å². The van der Waals surface area contributed by atoms with Gasteiger partial charge < -0.3 is 9.47 Å². The molecule has 1 aliphatic heterocycles. The molecule has 0 bridgehead atoms. The molecule has 0 amide bonds. The lowest BCUT2D eigenvalue weighted by atomic mass is 10.0. The maximum absolute atomic E-state index is 12.6. The summed E-state index contributed by atoms with van der Waals surface area (Å²) in [5.74, 6) is 1.48. The molecule has 0 N–H and O–H groups in total. The fourth-order valence-electron chi connectivity index (χ4n) is 4.52. The van der Waals surface area contributed by atoms with Gasteiger partial charge in [0.15, 0.2) is 11.5 Å². The van der Waals surface area contributed by atoms with Crippen LogP contribution in [-0.2, 0) is 13.6 Å². The van der Waals surface area contributed by atoms with Gasteiger partial charge in [0.05, 0.1) is 31.6 Å². The summed E-state index contributed by atoms with van der Waals surface area (Å²) in [5.41, 5.74) is 4.91. The predicted octanol–water partition coefficient (Wildman–Crippen LogP) is 3.11. The van der Waals surface area contributed by atoms with Crippen molar-refractivity contribution in [1.82, 2.24) is 24.5 Å². The number of benzene rings is 1. The minimum Gasteiger partial charge on any atom is -0.493 e. The quantitative estimate of drug-likeness (QED) is 0.590. The summed E-state index contributed by atoms with van der Waals surface area (Å²) in [6, 6.07) is 9.58. The monoisotopic (exact) mass is 437 g/mol. The number of ether oxygens (including phenoxy) is 2. The Morgan fingerprint density at radius 3 is 2.34 bits per heavy atom. The van der Waals surface area contributed by atoms with Gasteiger partial charge in [-0.05, 0) is 50.5 Å². The van der Waals surface area contributed by atoms with E-state index in [0.717, 1.165) is 66.6 Å². The summed E-state index contributed by atoms with van der Waals surface area (Å²) < 4.78 is 14.3. The van der Waals surface area contributed by atoms with E-state index in [1.165, 1.54) is 5.56 Å². The van der Waals surface area contributed by atoms with Gasteiger partial charge in [0, 0.05) is 44.0 Å². The van der Waals surface area contributed by atoms with E-state index in [4.69, 9.17) is 14.6 Å². The average molecular weight is 438 g/mol. The van der Waals surface area contributed by atoms with Crippen LogP contribution in [0.2, 0.25) is 0 Å². The average Bonchev–Trinajstić information content (AvgIpc) is 3.06. The van der Waals surface area contributed by atoms with E-state index in [-0.39, 0.29) is 11.6 Å². The van der Waals surface area contributed by atoms with Crippen LogP contribution in [0.5, 0.6) is 11.5 Å². The summed E-state index contributed by atoms with van der Waals surface area (Å²) in [7, 11) is 5.22. The number of piperidine rings is 1. The highest BCUT2D eigenvalue weighted by atomic mass is 16.5. The molecule has 1 aromatic carbocycles. The number of hydrogen-bond acceptors (Lipinski definition) is 6. The van der Waals surface area contributed by atoms with Crippen molar-refractivity contribution in [2.45, 2.75) is 39.3 Å². The molecule has 0 unspecified atom stereocenters. The van der Waals surface area contributed by atoms with Crippen LogP contribution >= 0.6 is 0 Å². The Bertz CT molecular complexity index is 1160. The second kappa shape index (κ2) is 9.16. The summed E-state index contributed by atoms with van der Waals surface area (Å²) in [6.45, 7) is 6.65. The van der Waals surface area contributed by atoms with Crippen LogP contribution in [0, 0.1) is 13.8 Å². The number of methoxy groups -OCH3 is 2. The number of hydrogen-bond donors (Lipinski definition) is 0. The van der Waals surface area contributed by atoms with Gasteiger partial charge in [0.2, 0.25) is 0 Å². The number of nitrogens with zero attached hydrogens (tertiary/aromatic N) is 5. The molecular weight excluding hydrogens is 406 g/mol. The Morgan fingerprint density at radius 1 is 1.00 bits per heavy atom. The summed E-state index contributed by atoms with van der Waals surface area (Å²) in [4.78, 5) is 15.0. The van der Waals surface area contributed by atoms with Crippen molar-refractivity contribution in [1.29, 1.82) is 0 Å². The molecule has 3 aromatic rings. The zero-order valence-electron chi connectivity index (χ0n) is 19.5. The first-order valence-electron chi connectivity index (χ1n) is 10.9. The van der Waals surface area contributed by atoms with Crippen LogP contribution in [0.3, 0.4) is 0 Å². The van der Waals surface area contributed by atoms with E-state index in [1.54, 1.807) is 25.0 Å². The molecule has 0 spiro atoms. The van der Waals surface area contributed by atoms with E-state index >= 15 is 0 Å². The van der Waals surface area contributed by atoms with Gasteiger partial charge in [-0.1, -0.05) is 6.07 Å². The smallest absolute Gasteiger partial charge is 0.267 e. The minimum absolute atomic E-state index is 0.0497. The zero-order valence-corrected chi connectivity index (χ0v) is 19.5. The van der Waals surface area contributed by atoms with Crippen molar-refractivity contribution in [2.24, 2.45) is 7.05 Å². The number of likely N-dealkylation sites (tertiary alicyclic amines) is 1. The molecule has 0 radical (unpaired) electrons. The van der Waals surface area contributed by atoms with E-state index in [1.807, 2.05) is 43.8 Å². The molecular formula is C24H31N5O3. The summed E-state index contributed by atoms with van der Waals surface area (Å²) in [6.07, 6.45) is 1.77. The Morgan fingerprint density at radius 2 is 1.72 bits per heavy atom. The Balaban J connectivity index is 1.47. The molecule has 8 nitrogen and oxygen atoms in total. The van der Waals surface area contributed by atoms with Gasteiger partial charge >= 0.3 is 0 Å². The first-order chi connectivity index (χ1) is 15.4. The highest BCUT2D eigenvalue weighted by molar-refractivity contribution is 5.64. The maximum Gasteiger partial charge on any atom is 0.267 e. The number of aromatic nitrogens is 4. The van der Waals surface area contributed by atoms with Crippen molar-refractivity contribution >= 4 is 0 Å². The largest absolute Gasteiger partial charge is 0.493 e. The lowest BCUT2D eigenvalue weighted by molar-refractivity contribution is 0.170. The number of aryl methyl sites for hydroxylation is 2. The molecule has 4 rings (SSSR count). The molecule has 3 heterocycles. The van der Waals surface area contributed by atoms with Gasteiger partial charge in [-0.25, -0.2) is 4.68 Å². The van der Waals surface area contributed by atoms with E-state index in [0.29, 0.717) is 0 Å². The molecule has 8 heteroatoms. The lowest BCUT2D eigenvalue weighted by Gasteiger charge is -2.32. The second-order valence-corrected chi connectivity index (χ2v) is 8.37. The normalized spacial score (nSPS) is 15.2. The van der Waals surface area contributed by atoms with Crippen LogP contribution in [-0.4, -0.2) is 51.8 Å². The van der Waals surface area contributed by atoms with E-state index in [2.05, 4.69) is 16.1 Å². The highest BCUT2D eigenvalue weighted by Gasteiger charge is 2.23. The van der Waals surface area contributed by atoms with Gasteiger partial charge in [-0.2, -0.15) is 10.2 Å². The third-order valence-electron chi connectivity index (χ3n) is 6.35. The Kier molecular flexibility index (Phi) is 6.32. The molecule has 0 atom stereocenters. The fraction of sp³-hybridized carbons (Fsp3) is 0.458. The molecule has 1 saturated heterocycles. The minimum atomic E-state index is -0.0497. The summed E-state index contributed by atoms with van der Waals surface area (Å²) in [5, 5.41) is 9.24. The summed E-state index contributed by atoms with van der Waals surface area (Å²) >= 11 is 0. The van der Waals surface area contributed by atoms with E-state index < -0.39 is 0 Å². The van der Waals surface area contributed by atoms with Crippen molar-refractivity contribution < 1.29 is 9.47 Å². The maximum atomic E-state index is 12.6. The van der Waals surface area contributed by atoms with Crippen molar-refractivity contribution in [2.75, 3.05) is 27.3 Å². The van der Waals surface area contributed by atoms with Gasteiger partial charge in [0.25, 0.3) is 5.56 Å². The fourth-order valence-corrected chi connectivity index (χ4v) is 4.52. The molecule has 170 valence electrons. The van der Waals surface area contributed by atoms with Crippen LogP contribution in [0.1, 0.15) is 35.8 Å². The predicted molar refractivity (Wildman–Crippen MR) is 123 cm³/mol. The molecule has 1 aliphatic rings. The van der Waals surface area contributed by atoms with Crippen molar-refractivity contribution in [3.63, 3.8) is 0 Å². The highest BCUT2D eigenvalue weighted by Crippen LogP contribution is 2.30. The first kappa shape index (κ1) is 22.1. The van der Waals surface area contributed by atoms with E-state index in [9.17, 15) is 4.79 Å². The van der Waals surface area contributed by atoms with Crippen molar-refractivity contribution in [3.8, 4) is 22.8 Å². The van der Waals surface area contributed by atoms with Gasteiger partial charge in [-0.15, -0.1) is 0 Å². The third-order valence-corrected chi connectivity index (χ3v) is 6.35. The molecule has 1 fully saturated rings. The topological polar surface area (TPSA) is 74.4 Å². The molecule has 32 heavy (non-hydrogen) atoms. The van der Waals surface area contributed by atoms with Gasteiger partial charge in [0.1, 0.15) is 0 Å². The molecule has 0 saturated carbocycles. The van der Waals surface area contributed by atoms with Gasteiger partial charge in [-0.3, -0.25) is 14.4 Å². The lowest BCUT2D eigenvalue weighted by Crippen LogP contribution is -2.38. The Hall–Kier alpha value is -3.13.